The third-order valence-corrected chi connectivity index (χ3v) is 6.14. The monoisotopic (exact) mass is 572 g/mol. The maximum Gasteiger partial charge on any atom is 0.420 e. The van der Waals surface area contributed by atoms with E-state index in [1.165, 1.54) is 48.8 Å². The fourth-order valence-corrected chi connectivity index (χ4v) is 4.06. The molecule has 4 aromatic heterocycles. The molecule has 0 atom stereocenters. The second kappa shape index (κ2) is 11.9. The summed E-state index contributed by atoms with van der Waals surface area (Å²) in [6.45, 7) is 0.130. The van der Waals surface area contributed by atoms with Gasteiger partial charge in [0.25, 0.3) is 5.91 Å². The highest BCUT2D eigenvalue weighted by atomic mass is 19.4. The summed E-state index contributed by atoms with van der Waals surface area (Å²) in [5, 5.41) is 5.52. The molecular weight excluding hydrogens is 549 g/mol. The van der Waals surface area contributed by atoms with Crippen molar-refractivity contribution in [1.29, 1.82) is 0 Å². The zero-order chi connectivity index (χ0) is 29.7. The fraction of sp³-hybridized carbons (Fsp3) is 0.100. The number of alkyl halides is 3. The van der Waals surface area contributed by atoms with Crippen LogP contribution < -0.4 is 16.4 Å². The van der Waals surface area contributed by atoms with Crippen molar-refractivity contribution >= 4 is 34.7 Å². The van der Waals surface area contributed by atoms with Gasteiger partial charge in [0.15, 0.2) is 0 Å². The summed E-state index contributed by atoms with van der Waals surface area (Å²) >= 11 is 0. The van der Waals surface area contributed by atoms with E-state index in [9.17, 15) is 22.8 Å². The zero-order valence-electron chi connectivity index (χ0n) is 21.9. The average molecular weight is 573 g/mol. The molecule has 5 aromatic rings. The van der Waals surface area contributed by atoms with Crippen molar-refractivity contribution in [1.82, 2.24) is 25.6 Å². The zero-order valence-corrected chi connectivity index (χ0v) is 21.9. The SMILES string of the molecule is Nc1ccc(/C=C/C(=O)NCc2cc3cc(-c4ccc(C(=O)NCc5cccnc5)cn4)cc(C(F)(F)F)c3o2)cn1. The number of carbonyl (C=O) groups is 2. The van der Waals surface area contributed by atoms with Crippen molar-refractivity contribution < 1.29 is 27.2 Å². The predicted molar refractivity (Wildman–Crippen MR) is 149 cm³/mol. The van der Waals surface area contributed by atoms with Gasteiger partial charge in [-0.25, -0.2) is 4.98 Å². The predicted octanol–water partition coefficient (Wildman–Crippen LogP) is 5.15. The lowest BCUT2D eigenvalue weighted by Gasteiger charge is -2.10. The van der Waals surface area contributed by atoms with E-state index in [4.69, 9.17) is 10.2 Å². The molecule has 1 aromatic carbocycles. The van der Waals surface area contributed by atoms with Crippen LogP contribution in [0.25, 0.3) is 28.3 Å². The van der Waals surface area contributed by atoms with Crippen molar-refractivity contribution in [2.24, 2.45) is 0 Å². The van der Waals surface area contributed by atoms with E-state index < -0.39 is 17.6 Å². The molecule has 212 valence electrons. The Labute approximate surface area is 237 Å². The number of amides is 2. The summed E-state index contributed by atoms with van der Waals surface area (Å²) in [6, 6.07) is 13.7. The van der Waals surface area contributed by atoms with Crippen LogP contribution in [0.3, 0.4) is 0 Å². The van der Waals surface area contributed by atoms with Gasteiger partial charge in [0, 0.05) is 48.4 Å². The van der Waals surface area contributed by atoms with Gasteiger partial charge in [-0.3, -0.25) is 19.6 Å². The van der Waals surface area contributed by atoms with Crippen molar-refractivity contribution in [2.45, 2.75) is 19.3 Å². The molecule has 4 N–H and O–H groups in total. The Hall–Kier alpha value is -5.52. The maximum atomic E-state index is 14.0. The molecule has 0 spiro atoms. The first kappa shape index (κ1) is 28.0. The van der Waals surface area contributed by atoms with Gasteiger partial charge in [0.05, 0.1) is 23.4 Å². The van der Waals surface area contributed by atoms with Crippen LogP contribution >= 0.6 is 0 Å². The van der Waals surface area contributed by atoms with E-state index >= 15 is 0 Å². The number of furan rings is 1. The number of hydrogen-bond acceptors (Lipinski definition) is 7. The van der Waals surface area contributed by atoms with E-state index in [1.54, 1.807) is 30.6 Å². The minimum atomic E-state index is -4.71. The molecule has 0 bridgehead atoms. The molecule has 42 heavy (non-hydrogen) atoms. The van der Waals surface area contributed by atoms with Gasteiger partial charge in [-0.05, 0) is 65.7 Å². The number of aromatic nitrogens is 3. The Morgan fingerprint density at radius 2 is 1.81 bits per heavy atom. The number of halogens is 3. The van der Waals surface area contributed by atoms with E-state index in [0.29, 0.717) is 11.4 Å². The summed E-state index contributed by atoms with van der Waals surface area (Å²) in [5.74, 6) is -0.378. The van der Waals surface area contributed by atoms with Crippen LogP contribution in [0.15, 0.2) is 89.9 Å². The van der Waals surface area contributed by atoms with E-state index in [0.717, 1.165) is 11.6 Å². The lowest BCUT2D eigenvalue weighted by atomic mass is 10.0. The van der Waals surface area contributed by atoms with E-state index in [1.807, 2.05) is 6.07 Å². The summed E-state index contributed by atoms with van der Waals surface area (Å²) in [7, 11) is 0. The molecule has 0 fully saturated rings. The number of hydrogen-bond donors (Lipinski definition) is 3. The summed E-state index contributed by atoms with van der Waals surface area (Å²) in [5.41, 5.74) is 6.34. The van der Waals surface area contributed by atoms with Gasteiger partial charge >= 0.3 is 6.18 Å². The third-order valence-electron chi connectivity index (χ3n) is 6.14. The molecule has 0 aliphatic heterocycles. The molecule has 12 heteroatoms. The van der Waals surface area contributed by atoms with Crippen LogP contribution in [0, 0.1) is 0 Å². The van der Waals surface area contributed by atoms with Crippen LogP contribution in [0.5, 0.6) is 0 Å². The first-order valence-electron chi connectivity index (χ1n) is 12.6. The van der Waals surface area contributed by atoms with Gasteiger partial charge in [-0.15, -0.1) is 0 Å². The largest absolute Gasteiger partial charge is 0.459 e. The molecule has 0 radical (unpaired) electrons. The van der Waals surface area contributed by atoms with Crippen LogP contribution in [-0.4, -0.2) is 26.8 Å². The van der Waals surface area contributed by atoms with Gasteiger partial charge in [-0.1, -0.05) is 6.07 Å². The van der Waals surface area contributed by atoms with Crippen molar-refractivity contribution in [3.8, 4) is 11.3 Å². The standard InChI is InChI=1S/C30H23F3N6O3/c31-30(32,33)24-12-21(25-6-5-20(16-36-25)29(41)39-15-19-2-1-9-35-13-19)10-22-11-23(42-28(22)24)17-38-27(40)8-4-18-3-7-26(34)37-14-18/h1-14,16H,15,17H2,(H2,34,37)(H,38,40)(H,39,41)/b8-4+. The number of nitrogens with two attached hydrogens (primary N) is 1. The van der Waals surface area contributed by atoms with Gasteiger partial charge in [0.1, 0.15) is 17.2 Å². The third kappa shape index (κ3) is 6.78. The van der Waals surface area contributed by atoms with Crippen LogP contribution in [0.2, 0.25) is 0 Å². The second-order valence-corrected chi connectivity index (χ2v) is 9.20. The quantitative estimate of drug-likeness (QED) is 0.219. The molecule has 9 nitrogen and oxygen atoms in total. The fourth-order valence-electron chi connectivity index (χ4n) is 4.06. The molecule has 0 aliphatic rings. The number of rotatable bonds is 8. The molecule has 4 heterocycles. The molecule has 0 saturated carbocycles. The number of benzene rings is 1. The van der Waals surface area contributed by atoms with Gasteiger partial charge in [-0.2, -0.15) is 13.2 Å². The number of carbonyl (C=O) groups excluding carboxylic acids is 2. The Balaban J connectivity index is 1.31. The number of nitrogen functional groups attached to an aromatic ring is 1. The van der Waals surface area contributed by atoms with Crippen molar-refractivity contribution in [2.75, 3.05) is 5.73 Å². The van der Waals surface area contributed by atoms with E-state index in [-0.39, 0.29) is 52.5 Å². The lowest BCUT2D eigenvalue weighted by Crippen LogP contribution is -2.22. The van der Waals surface area contributed by atoms with Gasteiger partial charge < -0.3 is 20.8 Å². The van der Waals surface area contributed by atoms with Crippen LogP contribution in [0.4, 0.5) is 19.0 Å². The van der Waals surface area contributed by atoms with Crippen molar-refractivity contribution in [3.05, 3.63) is 113 Å². The lowest BCUT2D eigenvalue weighted by molar-refractivity contribution is -0.136. The first-order chi connectivity index (χ1) is 20.2. The minimum absolute atomic E-state index is 0.133. The Morgan fingerprint density at radius 3 is 2.50 bits per heavy atom. The van der Waals surface area contributed by atoms with Gasteiger partial charge in [0.2, 0.25) is 5.91 Å². The average Bonchev–Trinajstić information content (AvgIpc) is 3.41. The highest BCUT2D eigenvalue weighted by molar-refractivity contribution is 5.94. The Morgan fingerprint density at radius 1 is 0.952 bits per heavy atom. The number of nitrogens with one attached hydrogen (secondary N) is 2. The van der Waals surface area contributed by atoms with Crippen LogP contribution in [0.1, 0.15) is 32.8 Å². The van der Waals surface area contributed by atoms with Crippen LogP contribution in [-0.2, 0) is 24.1 Å². The number of pyridine rings is 3. The second-order valence-electron chi connectivity index (χ2n) is 9.20. The molecule has 0 aliphatic carbocycles. The number of nitrogens with zero attached hydrogens (tertiary/aromatic N) is 3. The smallest absolute Gasteiger partial charge is 0.420 e. The molecule has 0 unspecified atom stereocenters. The maximum absolute atomic E-state index is 14.0. The highest BCUT2D eigenvalue weighted by Gasteiger charge is 2.35. The minimum Gasteiger partial charge on any atom is -0.459 e. The summed E-state index contributed by atoms with van der Waals surface area (Å²) < 4.78 is 47.5. The summed E-state index contributed by atoms with van der Waals surface area (Å²) in [4.78, 5) is 36.9. The molecular formula is C30H23F3N6O3. The molecule has 2 amide bonds. The number of fused-ring (bicyclic) bond motifs is 1. The normalized spacial score (nSPS) is 11.6. The highest BCUT2D eigenvalue weighted by Crippen LogP contribution is 2.39. The molecule has 5 rings (SSSR count). The Bertz CT molecular complexity index is 1750. The summed E-state index contributed by atoms with van der Waals surface area (Å²) in [6.07, 6.45) is 4.13. The topological polar surface area (TPSA) is 136 Å². The van der Waals surface area contributed by atoms with Crippen molar-refractivity contribution in [3.63, 3.8) is 0 Å². The Kier molecular flexibility index (Phi) is 7.96. The first-order valence-corrected chi connectivity index (χ1v) is 12.6. The molecule has 0 saturated heterocycles. The number of anilines is 1. The van der Waals surface area contributed by atoms with E-state index in [2.05, 4.69) is 25.6 Å².